The van der Waals surface area contributed by atoms with E-state index in [4.69, 9.17) is 0 Å². The minimum absolute atomic E-state index is 0.00413. The lowest BCUT2D eigenvalue weighted by atomic mass is 10.0. The highest BCUT2D eigenvalue weighted by atomic mass is 32.2. The Labute approximate surface area is 120 Å². The van der Waals surface area contributed by atoms with E-state index in [0.717, 1.165) is 11.3 Å². The van der Waals surface area contributed by atoms with Crippen molar-refractivity contribution in [2.45, 2.75) is 29.1 Å². The summed E-state index contributed by atoms with van der Waals surface area (Å²) >= 11 is 1.58. The maximum atomic E-state index is 13.6. The van der Waals surface area contributed by atoms with E-state index >= 15 is 0 Å². The summed E-state index contributed by atoms with van der Waals surface area (Å²) in [4.78, 5) is 1.14. The first-order valence-corrected chi connectivity index (χ1v) is 7.38. The van der Waals surface area contributed by atoms with Crippen LogP contribution in [0.1, 0.15) is 11.1 Å². The maximum Gasteiger partial charge on any atom is 0.129 e. The van der Waals surface area contributed by atoms with Crippen LogP contribution < -0.4 is 0 Å². The molecule has 2 aromatic carbocycles. The Morgan fingerprint density at radius 2 is 1.80 bits per heavy atom. The predicted octanol–water partition coefficient (Wildman–Crippen LogP) is 3.59. The number of fused-ring (bicyclic) bond motifs is 1. The quantitative estimate of drug-likeness (QED) is 0.933. The molecule has 1 heterocycles. The molecule has 0 aromatic heterocycles. The summed E-state index contributed by atoms with van der Waals surface area (Å²) in [6.45, 7) is 0. The van der Waals surface area contributed by atoms with Gasteiger partial charge in [-0.25, -0.2) is 8.78 Å². The van der Waals surface area contributed by atoms with Crippen LogP contribution in [0.15, 0.2) is 47.4 Å². The summed E-state index contributed by atoms with van der Waals surface area (Å²) in [6, 6.07) is 11.7. The molecule has 0 bridgehead atoms. The highest BCUT2D eigenvalue weighted by molar-refractivity contribution is 8.00. The zero-order chi connectivity index (χ0) is 14.1. The third-order valence-corrected chi connectivity index (χ3v) is 5.01. The highest BCUT2D eigenvalue weighted by Crippen LogP contribution is 2.39. The number of hydrogen-bond acceptors (Lipinski definition) is 2. The van der Waals surface area contributed by atoms with Crippen LogP contribution in [0.3, 0.4) is 0 Å². The Kier molecular flexibility index (Phi) is 3.76. The molecule has 2 aromatic rings. The number of thioether (sulfide) groups is 1. The number of hydrogen-bond donors (Lipinski definition) is 1. The zero-order valence-corrected chi connectivity index (χ0v) is 11.5. The molecule has 2 atom stereocenters. The fraction of sp³-hybridized carbons (Fsp3) is 0.250. The lowest BCUT2D eigenvalue weighted by Crippen LogP contribution is -2.25. The normalized spacial score (nSPS) is 18.9. The number of benzene rings is 2. The van der Waals surface area contributed by atoms with Crippen molar-refractivity contribution in [1.29, 1.82) is 0 Å². The predicted molar refractivity (Wildman–Crippen MR) is 75.9 cm³/mol. The van der Waals surface area contributed by atoms with Gasteiger partial charge in [0.05, 0.1) is 6.10 Å². The van der Waals surface area contributed by atoms with Gasteiger partial charge in [0.25, 0.3) is 0 Å². The SMILES string of the molecule is OC(Cc1c(F)cccc1F)C1Cc2ccccc2S1. The van der Waals surface area contributed by atoms with Crippen molar-refractivity contribution in [2.75, 3.05) is 0 Å². The van der Waals surface area contributed by atoms with Gasteiger partial charge in [0, 0.05) is 22.1 Å². The molecular weight excluding hydrogens is 278 g/mol. The first kappa shape index (κ1) is 13.6. The summed E-state index contributed by atoms with van der Waals surface area (Å²) in [6.07, 6.45) is -0.0267. The standard InChI is InChI=1S/C16H14F2OS/c17-12-5-3-6-13(18)11(12)9-14(19)16-8-10-4-1-2-7-15(10)20-16/h1-7,14,16,19H,8-9H2. The molecule has 0 spiro atoms. The van der Waals surface area contributed by atoms with Crippen molar-refractivity contribution in [2.24, 2.45) is 0 Å². The van der Waals surface area contributed by atoms with Crippen molar-refractivity contribution in [1.82, 2.24) is 0 Å². The van der Waals surface area contributed by atoms with E-state index < -0.39 is 17.7 Å². The van der Waals surface area contributed by atoms with Gasteiger partial charge in [0.1, 0.15) is 11.6 Å². The van der Waals surface area contributed by atoms with Crippen molar-refractivity contribution >= 4 is 11.8 Å². The van der Waals surface area contributed by atoms with Crippen molar-refractivity contribution in [3.63, 3.8) is 0 Å². The number of aliphatic hydroxyl groups is 1. The summed E-state index contributed by atoms with van der Waals surface area (Å²) in [5.41, 5.74) is 1.16. The van der Waals surface area contributed by atoms with Gasteiger partial charge >= 0.3 is 0 Å². The molecule has 0 aliphatic carbocycles. The molecule has 104 valence electrons. The van der Waals surface area contributed by atoms with Gasteiger partial charge in [-0.3, -0.25) is 0 Å². The van der Waals surface area contributed by atoms with E-state index in [9.17, 15) is 13.9 Å². The Bertz CT molecular complexity index is 584. The topological polar surface area (TPSA) is 20.2 Å². The first-order valence-electron chi connectivity index (χ1n) is 6.50. The van der Waals surface area contributed by atoms with Crippen LogP contribution in [-0.4, -0.2) is 16.5 Å². The Morgan fingerprint density at radius 1 is 1.10 bits per heavy atom. The second-order valence-corrected chi connectivity index (χ2v) is 6.22. The van der Waals surface area contributed by atoms with Gasteiger partial charge < -0.3 is 5.11 Å². The van der Waals surface area contributed by atoms with Gasteiger partial charge in [-0.2, -0.15) is 0 Å². The van der Waals surface area contributed by atoms with E-state index in [-0.39, 0.29) is 17.2 Å². The van der Waals surface area contributed by atoms with E-state index in [0.29, 0.717) is 0 Å². The molecule has 0 amide bonds. The highest BCUT2D eigenvalue weighted by Gasteiger charge is 2.29. The average Bonchev–Trinajstić information content (AvgIpc) is 2.87. The first-order chi connectivity index (χ1) is 9.65. The molecule has 1 nitrogen and oxygen atoms in total. The van der Waals surface area contributed by atoms with Crippen LogP contribution in [0.2, 0.25) is 0 Å². The van der Waals surface area contributed by atoms with Crippen LogP contribution in [0.4, 0.5) is 8.78 Å². The second kappa shape index (κ2) is 5.54. The molecule has 4 heteroatoms. The molecule has 0 fully saturated rings. The molecule has 1 aliphatic heterocycles. The van der Waals surface area contributed by atoms with Gasteiger partial charge in [0.15, 0.2) is 0 Å². The summed E-state index contributed by atoms with van der Waals surface area (Å²) < 4.78 is 27.2. The van der Waals surface area contributed by atoms with Gasteiger partial charge in [-0.15, -0.1) is 11.8 Å². The molecule has 0 radical (unpaired) electrons. The minimum Gasteiger partial charge on any atom is -0.392 e. The second-order valence-electron chi connectivity index (χ2n) is 4.94. The Balaban J connectivity index is 1.74. The summed E-state index contributed by atoms with van der Waals surface area (Å²) in [5, 5.41) is 10.2. The van der Waals surface area contributed by atoms with Gasteiger partial charge in [0.2, 0.25) is 0 Å². The number of aliphatic hydroxyl groups excluding tert-OH is 1. The summed E-state index contributed by atoms with van der Waals surface area (Å²) in [7, 11) is 0. The van der Waals surface area contributed by atoms with Crippen LogP contribution in [0.5, 0.6) is 0 Å². The molecule has 20 heavy (non-hydrogen) atoms. The molecule has 3 rings (SSSR count). The lowest BCUT2D eigenvalue weighted by Gasteiger charge is -2.17. The van der Waals surface area contributed by atoms with Gasteiger partial charge in [-0.1, -0.05) is 24.3 Å². The average molecular weight is 292 g/mol. The zero-order valence-electron chi connectivity index (χ0n) is 10.7. The van der Waals surface area contributed by atoms with E-state index in [1.165, 1.54) is 23.8 Å². The van der Waals surface area contributed by atoms with Crippen LogP contribution in [0.25, 0.3) is 0 Å². The van der Waals surface area contributed by atoms with E-state index in [1.54, 1.807) is 11.8 Å². The van der Waals surface area contributed by atoms with Crippen LogP contribution >= 0.6 is 11.8 Å². The molecule has 0 saturated heterocycles. The van der Waals surface area contributed by atoms with E-state index in [2.05, 4.69) is 0 Å². The smallest absolute Gasteiger partial charge is 0.129 e. The van der Waals surface area contributed by atoms with Crippen molar-refractivity contribution in [3.8, 4) is 0 Å². The largest absolute Gasteiger partial charge is 0.392 e. The Morgan fingerprint density at radius 3 is 2.50 bits per heavy atom. The number of rotatable bonds is 3. The van der Waals surface area contributed by atoms with Gasteiger partial charge in [-0.05, 0) is 30.2 Å². The Hall–Kier alpha value is -1.39. The third-order valence-electron chi connectivity index (χ3n) is 3.58. The molecule has 1 aliphatic rings. The maximum absolute atomic E-state index is 13.6. The minimum atomic E-state index is -0.765. The molecular formula is C16H14F2OS. The van der Waals surface area contributed by atoms with E-state index in [1.807, 2.05) is 24.3 Å². The fourth-order valence-corrected chi connectivity index (χ4v) is 3.79. The molecule has 1 N–H and O–H groups in total. The van der Waals surface area contributed by atoms with Crippen LogP contribution in [-0.2, 0) is 12.8 Å². The monoisotopic (exact) mass is 292 g/mol. The number of halogens is 2. The van der Waals surface area contributed by atoms with Crippen LogP contribution in [0, 0.1) is 11.6 Å². The van der Waals surface area contributed by atoms with Crippen molar-refractivity contribution < 1.29 is 13.9 Å². The van der Waals surface area contributed by atoms with Crippen molar-refractivity contribution in [3.05, 3.63) is 65.2 Å². The summed E-state index contributed by atoms with van der Waals surface area (Å²) in [5.74, 6) is -1.19. The lowest BCUT2D eigenvalue weighted by molar-refractivity contribution is 0.169. The molecule has 0 saturated carbocycles. The third kappa shape index (κ3) is 2.58. The molecule has 2 unspecified atom stereocenters. The fourth-order valence-electron chi connectivity index (χ4n) is 2.49.